The van der Waals surface area contributed by atoms with Crippen molar-refractivity contribution in [1.29, 1.82) is 0 Å². The Morgan fingerprint density at radius 2 is 2.05 bits per heavy atom. The number of carbonyl (C=O) groups excluding carboxylic acids is 1. The number of nitrogens with two attached hydrogens (primary N) is 1. The van der Waals surface area contributed by atoms with Gasteiger partial charge < -0.3 is 20.3 Å². The third-order valence-electron chi connectivity index (χ3n) is 4.14. The predicted octanol–water partition coefficient (Wildman–Crippen LogP) is 0.974. The molecule has 1 aromatic rings. The molecule has 114 valence electrons. The normalized spacial score (nSPS) is 20.3. The first-order valence-electron chi connectivity index (χ1n) is 7.34. The van der Waals surface area contributed by atoms with E-state index in [1.165, 1.54) is 12.1 Å². The molecular weight excluding hydrogens is 273 g/mol. The Kier molecular flexibility index (Phi) is 4.07. The minimum Gasteiger partial charge on any atom is -0.482 e. The first-order chi connectivity index (χ1) is 10.1. The minimum absolute atomic E-state index is 0.0174. The van der Waals surface area contributed by atoms with Gasteiger partial charge in [-0.15, -0.1) is 0 Å². The third-order valence-corrected chi connectivity index (χ3v) is 4.14. The van der Waals surface area contributed by atoms with E-state index >= 15 is 0 Å². The fourth-order valence-electron chi connectivity index (χ4n) is 2.84. The van der Waals surface area contributed by atoms with Crippen LogP contribution in [0.3, 0.4) is 0 Å². The van der Waals surface area contributed by atoms with E-state index in [0.29, 0.717) is 24.0 Å². The van der Waals surface area contributed by atoms with Crippen LogP contribution in [0.1, 0.15) is 12.8 Å². The lowest BCUT2D eigenvalue weighted by Gasteiger charge is -2.34. The van der Waals surface area contributed by atoms with Gasteiger partial charge in [-0.25, -0.2) is 4.39 Å². The summed E-state index contributed by atoms with van der Waals surface area (Å²) in [6.07, 6.45) is 1.98. The van der Waals surface area contributed by atoms with Crippen LogP contribution in [0.25, 0.3) is 0 Å². The molecule has 1 saturated heterocycles. The lowest BCUT2D eigenvalue weighted by molar-refractivity contribution is -0.121. The van der Waals surface area contributed by atoms with E-state index in [4.69, 9.17) is 10.5 Å². The highest BCUT2D eigenvalue weighted by Crippen LogP contribution is 2.32. The predicted molar refractivity (Wildman–Crippen MR) is 77.9 cm³/mol. The zero-order chi connectivity index (χ0) is 14.8. The van der Waals surface area contributed by atoms with Crippen molar-refractivity contribution in [2.75, 3.05) is 37.7 Å². The molecule has 0 aliphatic carbocycles. The number of carbonyl (C=O) groups is 1. The maximum atomic E-state index is 13.4. The summed E-state index contributed by atoms with van der Waals surface area (Å²) in [6, 6.07) is 4.57. The molecule has 0 spiro atoms. The second-order valence-corrected chi connectivity index (χ2v) is 5.63. The lowest BCUT2D eigenvalue weighted by atomic mass is 10.1. The van der Waals surface area contributed by atoms with E-state index in [0.717, 1.165) is 32.5 Å². The SMILES string of the molecule is NC1CCN(CCN2C(=O)COc3ccc(F)cc32)CC1. The number of halogens is 1. The van der Waals surface area contributed by atoms with Crippen molar-refractivity contribution in [3.63, 3.8) is 0 Å². The van der Waals surface area contributed by atoms with E-state index < -0.39 is 0 Å². The van der Waals surface area contributed by atoms with Crippen molar-refractivity contribution in [2.24, 2.45) is 5.73 Å². The fourth-order valence-corrected chi connectivity index (χ4v) is 2.84. The van der Waals surface area contributed by atoms with Crippen molar-refractivity contribution in [3.05, 3.63) is 24.0 Å². The zero-order valence-corrected chi connectivity index (χ0v) is 11.9. The Hall–Kier alpha value is -1.66. The molecule has 2 N–H and O–H groups in total. The van der Waals surface area contributed by atoms with Crippen molar-refractivity contribution < 1.29 is 13.9 Å². The fraction of sp³-hybridized carbons (Fsp3) is 0.533. The standard InChI is InChI=1S/C15H20FN3O2/c16-11-1-2-14-13(9-11)19(15(20)10-21-14)8-7-18-5-3-12(17)4-6-18/h1-2,9,12H,3-8,10,17H2. The number of piperidine rings is 1. The van der Waals surface area contributed by atoms with Crippen LogP contribution in [-0.2, 0) is 4.79 Å². The van der Waals surface area contributed by atoms with Crippen molar-refractivity contribution in [2.45, 2.75) is 18.9 Å². The quantitative estimate of drug-likeness (QED) is 0.902. The molecular formula is C15H20FN3O2. The number of benzene rings is 1. The van der Waals surface area contributed by atoms with Gasteiger partial charge in [0.2, 0.25) is 0 Å². The maximum absolute atomic E-state index is 13.4. The largest absolute Gasteiger partial charge is 0.482 e. The van der Waals surface area contributed by atoms with Crippen LogP contribution in [0.2, 0.25) is 0 Å². The highest BCUT2D eigenvalue weighted by Gasteiger charge is 2.26. The second kappa shape index (κ2) is 5.99. The molecule has 2 aliphatic rings. The van der Waals surface area contributed by atoms with Gasteiger partial charge in [0, 0.05) is 25.2 Å². The molecule has 6 heteroatoms. The van der Waals surface area contributed by atoms with Crippen molar-refractivity contribution in [3.8, 4) is 5.75 Å². The van der Waals surface area contributed by atoms with Gasteiger partial charge in [0.05, 0.1) is 5.69 Å². The molecule has 0 bridgehead atoms. The van der Waals surface area contributed by atoms with E-state index in [-0.39, 0.29) is 18.3 Å². The van der Waals surface area contributed by atoms with Crippen molar-refractivity contribution in [1.82, 2.24) is 4.90 Å². The molecule has 0 aromatic heterocycles. The Morgan fingerprint density at radius 3 is 2.81 bits per heavy atom. The third kappa shape index (κ3) is 3.16. The summed E-state index contributed by atoms with van der Waals surface area (Å²) < 4.78 is 18.8. The Labute approximate surface area is 123 Å². The second-order valence-electron chi connectivity index (χ2n) is 5.63. The summed E-state index contributed by atoms with van der Waals surface area (Å²) in [5, 5.41) is 0. The molecule has 0 atom stereocenters. The summed E-state index contributed by atoms with van der Waals surface area (Å²) in [5.41, 5.74) is 6.42. The molecule has 1 amide bonds. The Morgan fingerprint density at radius 1 is 1.29 bits per heavy atom. The summed E-state index contributed by atoms with van der Waals surface area (Å²) in [5.74, 6) is 0.0828. The number of likely N-dealkylation sites (tertiary alicyclic amines) is 1. The van der Waals surface area contributed by atoms with E-state index in [1.54, 1.807) is 11.0 Å². The van der Waals surface area contributed by atoms with Crippen LogP contribution in [0, 0.1) is 5.82 Å². The first kappa shape index (κ1) is 14.3. The number of hydrogen-bond acceptors (Lipinski definition) is 4. The number of anilines is 1. The van der Waals surface area contributed by atoms with Crippen molar-refractivity contribution >= 4 is 11.6 Å². The van der Waals surface area contributed by atoms with Crippen LogP contribution in [-0.4, -0.2) is 49.6 Å². The van der Waals surface area contributed by atoms with Gasteiger partial charge in [-0.1, -0.05) is 0 Å². The Balaban J connectivity index is 1.67. The molecule has 0 radical (unpaired) electrons. The van der Waals surface area contributed by atoms with E-state index in [2.05, 4.69) is 4.90 Å². The van der Waals surface area contributed by atoms with Gasteiger partial charge in [-0.2, -0.15) is 0 Å². The molecule has 2 aliphatic heterocycles. The summed E-state index contributed by atoms with van der Waals surface area (Å²) in [4.78, 5) is 16.0. The molecule has 0 unspecified atom stereocenters. The van der Waals surface area contributed by atoms with Crippen LogP contribution >= 0.6 is 0 Å². The molecule has 3 rings (SSSR count). The first-order valence-corrected chi connectivity index (χ1v) is 7.34. The Bertz CT molecular complexity index is 530. The number of nitrogens with zero attached hydrogens (tertiary/aromatic N) is 2. The van der Waals surface area contributed by atoms with Gasteiger partial charge in [0.15, 0.2) is 6.61 Å². The number of ether oxygens (including phenoxy) is 1. The molecule has 1 fully saturated rings. The van der Waals surface area contributed by atoms with E-state index in [9.17, 15) is 9.18 Å². The number of fused-ring (bicyclic) bond motifs is 1. The van der Waals surface area contributed by atoms with E-state index in [1.807, 2.05) is 0 Å². The highest BCUT2D eigenvalue weighted by atomic mass is 19.1. The zero-order valence-electron chi connectivity index (χ0n) is 11.9. The van der Waals surface area contributed by atoms with Gasteiger partial charge in [-0.3, -0.25) is 4.79 Å². The number of amides is 1. The summed E-state index contributed by atoms with van der Waals surface area (Å²) in [6.45, 7) is 3.25. The molecule has 21 heavy (non-hydrogen) atoms. The van der Waals surface area contributed by atoms with Gasteiger partial charge in [-0.05, 0) is 38.1 Å². The summed E-state index contributed by atoms with van der Waals surface area (Å²) >= 11 is 0. The minimum atomic E-state index is -0.360. The smallest absolute Gasteiger partial charge is 0.265 e. The van der Waals surface area contributed by atoms with Crippen LogP contribution in [0.5, 0.6) is 5.75 Å². The monoisotopic (exact) mass is 293 g/mol. The van der Waals surface area contributed by atoms with Gasteiger partial charge >= 0.3 is 0 Å². The lowest BCUT2D eigenvalue weighted by Crippen LogP contribution is -2.46. The van der Waals surface area contributed by atoms with Crippen LogP contribution in [0.15, 0.2) is 18.2 Å². The van der Waals surface area contributed by atoms with Gasteiger partial charge in [0.1, 0.15) is 11.6 Å². The molecule has 2 heterocycles. The topological polar surface area (TPSA) is 58.8 Å². The number of hydrogen-bond donors (Lipinski definition) is 1. The number of rotatable bonds is 3. The van der Waals surface area contributed by atoms with Crippen LogP contribution < -0.4 is 15.4 Å². The molecule has 5 nitrogen and oxygen atoms in total. The molecule has 1 aromatic carbocycles. The van der Waals surface area contributed by atoms with Gasteiger partial charge in [0.25, 0.3) is 5.91 Å². The molecule has 0 saturated carbocycles. The summed E-state index contributed by atoms with van der Waals surface area (Å²) in [7, 11) is 0. The maximum Gasteiger partial charge on any atom is 0.265 e. The van der Waals surface area contributed by atoms with Crippen LogP contribution in [0.4, 0.5) is 10.1 Å². The average molecular weight is 293 g/mol. The average Bonchev–Trinajstić information content (AvgIpc) is 2.48. The highest BCUT2D eigenvalue weighted by molar-refractivity contribution is 5.97.